The lowest BCUT2D eigenvalue weighted by Crippen LogP contribution is -2.60. The van der Waals surface area contributed by atoms with Crippen molar-refractivity contribution in [3.8, 4) is 6.07 Å². The summed E-state index contributed by atoms with van der Waals surface area (Å²) < 4.78 is 13.4. The van der Waals surface area contributed by atoms with E-state index < -0.39 is 17.3 Å². The van der Waals surface area contributed by atoms with Crippen LogP contribution in [0.1, 0.15) is 5.69 Å². The van der Waals surface area contributed by atoms with E-state index in [1.165, 1.54) is 18.3 Å². The molecule has 0 aromatic carbocycles. The summed E-state index contributed by atoms with van der Waals surface area (Å²) in [5.41, 5.74) is -1.11. The average molecular weight is 221 g/mol. The van der Waals surface area contributed by atoms with Gasteiger partial charge in [-0.2, -0.15) is 5.26 Å². The number of hydrogen-bond acceptors (Lipinski definition) is 3. The van der Waals surface area contributed by atoms with E-state index in [1.54, 1.807) is 0 Å². The maximum absolute atomic E-state index is 13.4. The Morgan fingerprint density at radius 3 is 2.88 bits per heavy atom. The van der Waals surface area contributed by atoms with Gasteiger partial charge >= 0.3 is 6.09 Å². The first-order chi connectivity index (χ1) is 7.59. The fraction of sp³-hybridized carbons (Fsp3) is 0.300. The minimum atomic E-state index is -1.14. The molecule has 1 aliphatic heterocycles. The summed E-state index contributed by atoms with van der Waals surface area (Å²) >= 11 is 0. The summed E-state index contributed by atoms with van der Waals surface area (Å²) in [5.74, 6) is -0.575. The second-order valence-corrected chi connectivity index (χ2v) is 3.67. The van der Waals surface area contributed by atoms with Gasteiger partial charge in [-0.1, -0.05) is 0 Å². The Hall–Kier alpha value is -2.16. The van der Waals surface area contributed by atoms with Crippen LogP contribution in [-0.2, 0) is 5.41 Å². The van der Waals surface area contributed by atoms with E-state index in [-0.39, 0.29) is 18.8 Å². The molecule has 0 atom stereocenters. The number of halogens is 1. The number of nitriles is 1. The molecule has 1 aromatic heterocycles. The van der Waals surface area contributed by atoms with E-state index in [0.717, 1.165) is 4.90 Å². The van der Waals surface area contributed by atoms with Crippen LogP contribution in [0, 0.1) is 17.1 Å². The van der Waals surface area contributed by atoms with Crippen LogP contribution in [0.15, 0.2) is 18.3 Å². The van der Waals surface area contributed by atoms with Gasteiger partial charge in [-0.25, -0.2) is 9.18 Å². The number of rotatable bonds is 1. The Morgan fingerprint density at radius 2 is 2.38 bits per heavy atom. The normalized spacial score (nSPS) is 17.4. The van der Waals surface area contributed by atoms with Crippen molar-refractivity contribution in [3.63, 3.8) is 0 Å². The molecule has 82 valence electrons. The first-order valence-corrected chi connectivity index (χ1v) is 4.59. The van der Waals surface area contributed by atoms with E-state index in [4.69, 9.17) is 10.4 Å². The van der Waals surface area contributed by atoms with Crippen molar-refractivity contribution in [1.82, 2.24) is 9.88 Å². The molecule has 0 radical (unpaired) electrons. The zero-order chi connectivity index (χ0) is 11.8. The summed E-state index contributed by atoms with van der Waals surface area (Å²) in [4.78, 5) is 15.5. The standard InChI is InChI=1S/C10H8FN3O2/c11-7-2-1-3-13-8(7)10(4-12)5-14(6-10)9(15)16/h1-3H,5-6H2,(H,15,16). The zero-order valence-corrected chi connectivity index (χ0v) is 8.22. The van der Waals surface area contributed by atoms with Crippen molar-refractivity contribution < 1.29 is 14.3 Å². The zero-order valence-electron chi connectivity index (χ0n) is 8.22. The Labute approximate surface area is 90.7 Å². The highest BCUT2D eigenvalue weighted by molar-refractivity contribution is 5.67. The van der Waals surface area contributed by atoms with Crippen LogP contribution in [0.25, 0.3) is 0 Å². The lowest BCUT2D eigenvalue weighted by atomic mass is 9.78. The molecule has 16 heavy (non-hydrogen) atoms. The molecule has 6 heteroatoms. The lowest BCUT2D eigenvalue weighted by Gasteiger charge is -2.43. The van der Waals surface area contributed by atoms with Crippen molar-refractivity contribution in [3.05, 3.63) is 29.8 Å². The predicted octanol–water partition coefficient (Wildman–Crippen LogP) is 0.976. The van der Waals surface area contributed by atoms with Crippen molar-refractivity contribution >= 4 is 6.09 Å². The van der Waals surface area contributed by atoms with E-state index >= 15 is 0 Å². The monoisotopic (exact) mass is 221 g/mol. The molecule has 1 N–H and O–H groups in total. The minimum Gasteiger partial charge on any atom is -0.465 e. The molecule has 0 aliphatic carbocycles. The quantitative estimate of drug-likeness (QED) is 0.766. The van der Waals surface area contributed by atoms with Gasteiger partial charge in [-0.05, 0) is 12.1 Å². The Bertz CT molecular complexity index is 477. The van der Waals surface area contributed by atoms with Crippen LogP contribution in [-0.4, -0.2) is 34.2 Å². The van der Waals surface area contributed by atoms with Gasteiger partial charge in [0.15, 0.2) is 0 Å². The number of amides is 1. The number of aromatic nitrogens is 1. The molecule has 0 saturated carbocycles. The van der Waals surface area contributed by atoms with Gasteiger partial charge < -0.3 is 10.0 Å². The minimum absolute atomic E-state index is 0.0231. The summed E-state index contributed by atoms with van der Waals surface area (Å²) in [7, 11) is 0. The molecule has 0 spiro atoms. The predicted molar refractivity (Wildman–Crippen MR) is 51.1 cm³/mol. The number of carboxylic acid groups (broad SMARTS) is 1. The lowest BCUT2D eigenvalue weighted by molar-refractivity contribution is 0.0801. The first-order valence-electron chi connectivity index (χ1n) is 4.59. The van der Waals surface area contributed by atoms with Gasteiger partial charge in [0, 0.05) is 6.20 Å². The number of pyridine rings is 1. The maximum Gasteiger partial charge on any atom is 0.407 e. The molecule has 1 aliphatic rings. The molecule has 1 aromatic rings. The highest BCUT2D eigenvalue weighted by atomic mass is 19.1. The van der Waals surface area contributed by atoms with Crippen LogP contribution in [0.3, 0.4) is 0 Å². The summed E-state index contributed by atoms with van der Waals surface area (Å²) in [6.45, 7) is -0.0699. The summed E-state index contributed by atoms with van der Waals surface area (Å²) in [6, 6.07) is 4.59. The molecule has 0 unspecified atom stereocenters. The smallest absolute Gasteiger partial charge is 0.407 e. The number of nitrogens with zero attached hydrogens (tertiary/aromatic N) is 3. The van der Waals surface area contributed by atoms with Gasteiger partial charge in [0.05, 0.1) is 24.9 Å². The van der Waals surface area contributed by atoms with Crippen molar-refractivity contribution in [2.75, 3.05) is 13.1 Å². The largest absolute Gasteiger partial charge is 0.465 e. The number of hydrogen-bond donors (Lipinski definition) is 1. The third-order valence-electron chi connectivity index (χ3n) is 2.62. The number of likely N-dealkylation sites (tertiary alicyclic amines) is 1. The average Bonchev–Trinajstić information content (AvgIpc) is 2.19. The van der Waals surface area contributed by atoms with Crippen LogP contribution in [0.5, 0.6) is 0 Å². The van der Waals surface area contributed by atoms with E-state index in [9.17, 15) is 9.18 Å². The second kappa shape index (κ2) is 3.45. The van der Waals surface area contributed by atoms with Crippen LogP contribution in [0.2, 0.25) is 0 Å². The third kappa shape index (κ3) is 1.37. The Balaban J connectivity index is 2.31. The Morgan fingerprint density at radius 1 is 1.69 bits per heavy atom. The van der Waals surface area contributed by atoms with E-state index in [2.05, 4.69) is 4.98 Å². The third-order valence-corrected chi connectivity index (χ3v) is 2.62. The second-order valence-electron chi connectivity index (χ2n) is 3.67. The van der Waals surface area contributed by atoms with Gasteiger partial charge in [-0.15, -0.1) is 0 Å². The Kier molecular flexibility index (Phi) is 2.23. The maximum atomic E-state index is 13.4. The molecule has 1 fully saturated rings. The van der Waals surface area contributed by atoms with Crippen molar-refractivity contribution in [1.29, 1.82) is 5.26 Å². The van der Waals surface area contributed by atoms with Gasteiger partial charge in [0.1, 0.15) is 11.2 Å². The number of carbonyl (C=O) groups is 1. The first kappa shape index (κ1) is 10.4. The molecule has 1 saturated heterocycles. The highest BCUT2D eigenvalue weighted by Crippen LogP contribution is 2.33. The molecule has 2 heterocycles. The van der Waals surface area contributed by atoms with Gasteiger partial charge in [-0.3, -0.25) is 4.98 Å². The van der Waals surface area contributed by atoms with E-state index in [1.807, 2.05) is 6.07 Å². The fourth-order valence-corrected chi connectivity index (χ4v) is 1.75. The van der Waals surface area contributed by atoms with Crippen LogP contribution >= 0.6 is 0 Å². The van der Waals surface area contributed by atoms with Gasteiger partial charge in [0.2, 0.25) is 0 Å². The topological polar surface area (TPSA) is 77.2 Å². The van der Waals surface area contributed by atoms with Gasteiger partial charge in [0.25, 0.3) is 0 Å². The molecular formula is C10H8FN3O2. The molecule has 2 rings (SSSR count). The fourth-order valence-electron chi connectivity index (χ4n) is 1.75. The van der Waals surface area contributed by atoms with E-state index in [0.29, 0.717) is 0 Å². The SMILES string of the molecule is N#CC1(c2ncccc2F)CN(C(=O)O)C1. The molecule has 1 amide bonds. The molecule has 0 bridgehead atoms. The van der Waals surface area contributed by atoms with Crippen LogP contribution < -0.4 is 0 Å². The summed E-state index contributed by atoms with van der Waals surface area (Å²) in [5, 5.41) is 17.7. The molecule has 5 nitrogen and oxygen atoms in total. The van der Waals surface area contributed by atoms with Crippen molar-refractivity contribution in [2.45, 2.75) is 5.41 Å². The highest BCUT2D eigenvalue weighted by Gasteiger charge is 2.49. The van der Waals surface area contributed by atoms with Crippen LogP contribution in [0.4, 0.5) is 9.18 Å². The molecular weight excluding hydrogens is 213 g/mol. The summed E-state index contributed by atoms with van der Waals surface area (Å²) in [6.07, 6.45) is 0.281. The van der Waals surface area contributed by atoms with Crippen molar-refractivity contribution in [2.24, 2.45) is 0 Å².